The fourth-order valence-electron chi connectivity index (χ4n) is 1.66. The number of rotatable bonds is 7. The van der Waals surface area contributed by atoms with Crippen molar-refractivity contribution < 1.29 is 4.79 Å². The van der Waals surface area contributed by atoms with Gasteiger partial charge in [-0.05, 0) is 31.5 Å². The summed E-state index contributed by atoms with van der Waals surface area (Å²) < 4.78 is 0.738. The summed E-state index contributed by atoms with van der Waals surface area (Å²) in [5, 5.41) is 15.1. The van der Waals surface area contributed by atoms with Crippen LogP contribution in [0.4, 0.5) is 10.8 Å². The molecule has 1 unspecified atom stereocenters. The minimum absolute atomic E-state index is 0.101. The first-order valence-electron chi connectivity index (χ1n) is 6.91. The van der Waals surface area contributed by atoms with E-state index in [0.717, 1.165) is 15.6 Å². The lowest BCUT2D eigenvalue weighted by molar-refractivity contribution is -0.115. The third-order valence-corrected chi connectivity index (χ3v) is 5.21. The fraction of sp³-hybridized carbons (Fsp3) is 0.267. The fourth-order valence-corrected chi connectivity index (χ4v) is 3.73. The molecular weight excluding hydrogens is 352 g/mol. The number of anilines is 2. The van der Waals surface area contributed by atoms with Crippen LogP contribution >= 0.6 is 34.7 Å². The van der Waals surface area contributed by atoms with Crippen molar-refractivity contribution in [3.63, 3.8) is 0 Å². The van der Waals surface area contributed by atoms with Gasteiger partial charge in [0.1, 0.15) is 0 Å². The molecular formula is C15H17ClN4OS2. The number of benzene rings is 1. The van der Waals surface area contributed by atoms with Gasteiger partial charge < -0.3 is 10.6 Å². The Labute approximate surface area is 148 Å². The Balaban J connectivity index is 1.95. The molecule has 2 aromatic rings. The van der Waals surface area contributed by atoms with Gasteiger partial charge in [0.2, 0.25) is 11.0 Å². The number of nitrogens with one attached hydrogen (secondary N) is 2. The van der Waals surface area contributed by atoms with E-state index in [-0.39, 0.29) is 11.2 Å². The highest BCUT2D eigenvalue weighted by molar-refractivity contribution is 8.02. The first-order chi connectivity index (χ1) is 11.0. The molecule has 1 heterocycles. The first-order valence-corrected chi connectivity index (χ1v) is 8.99. The van der Waals surface area contributed by atoms with E-state index in [4.69, 9.17) is 11.6 Å². The maximum atomic E-state index is 12.3. The van der Waals surface area contributed by atoms with Gasteiger partial charge in [-0.3, -0.25) is 4.79 Å². The van der Waals surface area contributed by atoms with E-state index in [1.807, 2.05) is 19.9 Å². The molecule has 2 rings (SSSR count). The van der Waals surface area contributed by atoms with Crippen LogP contribution in [0.5, 0.6) is 0 Å². The van der Waals surface area contributed by atoms with Crippen LogP contribution in [0.1, 0.15) is 12.5 Å². The molecule has 0 spiro atoms. The monoisotopic (exact) mass is 368 g/mol. The molecule has 0 saturated carbocycles. The number of carbonyl (C=O) groups excluding carboxylic acids is 1. The predicted octanol–water partition coefficient (Wildman–Crippen LogP) is 4.22. The highest BCUT2D eigenvalue weighted by Gasteiger charge is 2.18. The lowest BCUT2D eigenvalue weighted by Gasteiger charge is -2.12. The minimum Gasteiger partial charge on any atom is -0.357 e. The van der Waals surface area contributed by atoms with Gasteiger partial charge in [0.15, 0.2) is 4.34 Å². The van der Waals surface area contributed by atoms with Gasteiger partial charge >= 0.3 is 0 Å². The van der Waals surface area contributed by atoms with Crippen LogP contribution < -0.4 is 10.6 Å². The van der Waals surface area contributed by atoms with Crippen molar-refractivity contribution in [2.24, 2.45) is 0 Å². The Morgan fingerprint density at radius 2 is 2.30 bits per heavy atom. The number of nitrogens with zero attached hydrogens (tertiary/aromatic N) is 2. The Morgan fingerprint density at radius 3 is 3.04 bits per heavy atom. The van der Waals surface area contributed by atoms with E-state index < -0.39 is 0 Å². The topological polar surface area (TPSA) is 66.9 Å². The van der Waals surface area contributed by atoms with Gasteiger partial charge in [0.05, 0.1) is 5.25 Å². The summed E-state index contributed by atoms with van der Waals surface area (Å²) in [4.78, 5) is 12.3. The molecule has 1 aromatic heterocycles. The molecule has 2 N–H and O–H groups in total. The zero-order valence-corrected chi connectivity index (χ0v) is 15.2. The van der Waals surface area contributed by atoms with E-state index in [1.54, 1.807) is 18.2 Å². The SMILES string of the molecule is C=CCNc1nnc(SC(C)C(=O)Nc2cc(Cl)ccc2C)s1. The Bertz CT molecular complexity index is 705. The molecule has 122 valence electrons. The Morgan fingerprint density at radius 1 is 1.52 bits per heavy atom. The first kappa shape index (κ1) is 17.8. The summed E-state index contributed by atoms with van der Waals surface area (Å²) in [5.41, 5.74) is 1.69. The molecule has 1 aromatic carbocycles. The van der Waals surface area contributed by atoms with E-state index >= 15 is 0 Å². The van der Waals surface area contributed by atoms with E-state index in [9.17, 15) is 4.79 Å². The standard InChI is InChI=1S/C15H17ClN4OS2/c1-4-7-17-14-19-20-15(23-14)22-10(3)13(21)18-12-8-11(16)6-5-9(12)2/h4-6,8,10H,1,7H2,2-3H3,(H,17,19)(H,18,21). The highest BCUT2D eigenvalue weighted by Crippen LogP contribution is 2.30. The summed E-state index contributed by atoms with van der Waals surface area (Å²) in [7, 11) is 0. The molecule has 23 heavy (non-hydrogen) atoms. The second kappa shape index (κ2) is 8.33. The van der Waals surface area contributed by atoms with Crippen LogP contribution in [0, 0.1) is 6.92 Å². The van der Waals surface area contributed by atoms with Crippen molar-refractivity contribution in [3.05, 3.63) is 41.4 Å². The van der Waals surface area contributed by atoms with Crippen LogP contribution in [0.25, 0.3) is 0 Å². The summed E-state index contributed by atoms with van der Waals surface area (Å²) in [6, 6.07) is 5.41. The second-order valence-electron chi connectivity index (χ2n) is 4.75. The molecule has 1 amide bonds. The van der Waals surface area contributed by atoms with Crippen molar-refractivity contribution >= 4 is 51.4 Å². The normalized spacial score (nSPS) is 11.8. The van der Waals surface area contributed by atoms with Gasteiger partial charge in [0, 0.05) is 17.3 Å². The number of carbonyl (C=O) groups is 1. The number of aryl methyl sites for hydroxylation is 1. The Kier molecular flexibility index (Phi) is 6.44. The molecule has 0 radical (unpaired) electrons. The highest BCUT2D eigenvalue weighted by atomic mass is 35.5. The molecule has 0 aliphatic carbocycles. The predicted molar refractivity (Wildman–Crippen MR) is 98.7 cm³/mol. The van der Waals surface area contributed by atoms with Crippen LogP contribution in [-0.2, 0) is 4.79 Å². The van der Waals surface area contributed by atoms with Crippen LogP contribution in [-0.4, -0.2) is 27.9 Å². The maximum absolute atomic E-state index is 12.3. The molecule has 1 atom stereocenters. The quantitative estimate of drug-likeness (QED) is 0.565. The molecule has 0 bridgehead atoms. The lowest BCUT2D eigenvalue weighted by atomic mass is 10.2. The van der Waals surface area contributed by atoms with Crippen LogP contribution in [0.3, 0.4) is 0 Å². The third kappa shape index (κ3) is 5.23. The summed E-state index contributed by atoms with van der Waals surface area (Å²) >= 11 is 8.75. The third-order valence-electron chi connectivity index (χ3n) is 2.91. The second-order valence-corrected chi connectivity index (χ2v) is 7.75. The van der Waals surface area contributed by atoms with Gasteiger partial charge in [-0.15, -0.1) is 16.8 Å². The average Bonchev–Trinajstić information content (AvgIpc) is 2.96. The number of halogens is 1. The smallest absolute Gasteiger partial charge is 0.237 e. The number of hydrogen-bond acceptors (Lipinski definition) is 6. The van der Waals surface area contributed by atoms with Crippen LogP contribution in [0.15, 0.2) is 35.2 Å². The molecule has 0 aliphatic heterocycles. The number of aromatic nitrogens is 2. The molecule has 0 fully saturated rings. The zero-order chi connectivity index (χ0) is 16.8. The van der Waals surface area contributed by atoms with Crippen molar-refractivity contribution in [2.75, 3.05) is 17.2 Å². The number of hydrogen-bond donors (Lipinski definition) is 2. The molecule has 5 nitrogen and oxygen atoms in total. The van der Waals surface area contributed by atoms with Crippen molar-refractivity contribution in [1.29, 1.82) is 0 Å². The van der Waals surface area contributed by atoms with Crippen molar-refractivity contribution in [1.82, 2.24) is 10.2 Å². The molecule has 0 saturated heterocycles. The van der Waals surface area contributed by atoms with E-state index in [0.29, 0.717) is 16.7 Å². The van der Waals surface area contributed by atoms with E-state index in [2.05, 4.69) is 27.4 Å². The number of thioether (sulfide) groups is 1. The lowest BCUT2D eigenvalue weighted by Crippen LogP contribution is -2.22. The maximum Gasteiger partial charge on any atom is 0.237 e. The summed E-state index contributed by atoms with van der Waals surface area (Å²) in [6.45, 7) is 8.02. The van der Waals surface area contributed by atoms with Crippen LogP contribution in [0.2, 0.25) is 5.02 Å². The average molecular weight is 369 g/mol. The minimum atomic E-state index is -0.298. The van der Waals surface area contributed by atoms with Crippen molar-refractivity contribution in [3.8, 4) is 0 Å². The zero-order valence-electron chi connectivity index (χ0n) is 12.8. The molecule has 8 heteroatoms. The summed E-state index contributed by atoms with van der Waals surface area (Å²) in [6.07, 6.45) is 1.75. The van der Waals surface area contributed by atoms with Gasteiger partial charge in [-0.1, -0.05) is 46.8 Å². The van der Waals surface area contributed by atoms with E-state index in [1.165, 1.54) is 23.1 Å². The van der Waals surface area contributed by atoms with Gasteiger partial charge in [-0.25, -0.2) is 0 Å². The van der Waals surface area contributed by atoms with Crippen molar-refractivity contribution in [2.45, 2.75) is 23.4 Å². The largest absolute Gasteiger partial charge is 0.357 e. The van der Waals surface area contributed by atoms with Gasteiger partial charge in [-0.2, -0.15) is 0 Å². The summed E-state index contributed by atoms with van der Waals surface area (Å²) in [5.74, 6) is -0.101. The molecule has 0 aliphatic rings. The van der Waals surface area contributed by atoms with Gasteiger partial charge in [0.25, 0.3) is 0 Å². The Hall–Kier alpha value is -1.57. The number of amides is 1.